The SMILES string of the molecule is Cc1ccc(OC[C@H](O)CNc2cc[nH]c(=O)c2-c2nc3cc4c(c(C)c3[nH]2)C(=O)N(C2CCN(C)CC2)C4)c(C)c1. The molecule has 42 heavy (non-hydrogen) atoms. The summed E-state index contributed by atoms with van der Waals surface area (Å²) >= 11 is 0. The van der Waals surface area contributed by atoms with E-state index in [9.17, 15) is 14.7 Å². The number of imidazole rings is 1. The number of nitrogens with one attached hydrogen (secondary N) is 3. The summed E-state index contributed by atoms with van der Waals surface area (Å²) in [4.78, 5) is 41.7. The van der Waals surface area contributed by atoms with E-state index in [0.717, 1.165) is 70.5 Å². The summed E-state index contributed by atoms with van der Waals surface area (Å²) in [6.07, 6.45) is 2.71. The number of aryl methyl sites for hydroxylation is 3. The van der Waals surface area contributed by atoms with Gasteiger partial charge in [0, 0.05) is 30.9 Å². The number of nitrogens with zero attached hydrogens (tertiary/aromatic N) is 3. The van der Waals surface area contributed by atoms with Crippen molar-refractivity contribution in [1.29, 1.82) is 0 Å². The summed E-state index contributed by atoms with van der Waals surface area (Å²) in [5.74, 6) is 1.21. The van der Waals surface area contributed by atoms with Crippen LogP contribution in [0, 0.1) is 20.8 Å². The molecule has 1 saturated heterocycles. The average Bonchev–Trinajstić information content (AvgIpc) is 3.53. The number of pyridine rings is 1. The third-order valence-corrected chi connectivity index (χ3v) is 8.55. The summed E-state index contributed by atoms with van der Waals surface area (Å²) in [6.45, 7) is 8.79. The molecule has 4 N–H and O–H groups in total. The molecule has 220 valence electrons. The molecule has 0 spiro atoms. The Kier molecular flexibility index (Phi) is 7.51. The van der Waals surface area contributed by atoms with Gasteiger partial charge in [-0.3, -0.25) is 9.59 Å². The molecule has 0 radical (unpaired) electrons. The van der Waals surface area contributed by atoms with Gasteiger partial charge in [-0.25, -0.2) is 4.98 Å². The lowest BCUT2D eigenvalue weighted by molar-refractivity contribution is 0.0616. The number of likely N-dealkylation sites (tertiary alicyclic amines) is 1. The van der Waals surface area contributed by atoms with Gasteiger partial charge < -0.3 is 34.9 Å². The normalized spacial score (nSPS) is 16.7. The van der Waals surface area contributed by atoms with Crippen molar-refractivity contribution in [1.82, 2.24) is 24.8 Å². The lowest BCUT2D eigenvalue weighted by atomic mass is 10.0. The molecule has 6 rings (SSSR count). The molecule has 2 aliphatic heterocycles. The Hall–Kier alpha value is -4.15. The number of hydrogen-bond acceptors (Lipinski definition) is 7. The van der Waals surface area contributed by atoms with E-state index >= 15 is 0 Å². The maximum atomic E-state index is 13.5. The molecule has 10 heteroatoms. The van der Waals surface area contributed by atoms with Crippen LogP contribution in [0.3, 0.4) is 0 Å². The van der Waals surface area contributed by atoms with Crippen molar-refractivity contribution in [2.45, 2.75) is 52.3 Å². The Labute approximate surface area is 244 Å². The number of piperidine rings is 1. The highest BCUT2D eigenvalue weighted by molar-refractivity contribution is 6.04. The van der Waals surface area contributed by atoms with Crippen LogP contribution < -0.4 is 15.6 Å². The zero-order chi connectivity index (χ0) is 29.5. The van der Waals surface area contributed by atoms with Gasteiger partial charge in [-0.15, -0.1) is 0 Å². The van der Waals surface area contributed by atoms with Gasteiger partial charge >= 0.3 is 0 Å². The van der Waals surface area contributed by atoms with Crippen molar-refractivity contribution in [3.63, 3.8) is 0 Å². The molecular weight excluding hydrogens is 532 g/mol. The number of H-pyrrole nitrogens is 2. The summed E-state index contributed by atoms with van der Waals surface area (Å²) < 4.78 is 5.82. The molecule has 1 fully saturated rings. The van der Waals surface area contributed by atoms with Crippen LogP contribution in [0.1, 0.15) is 45.5 Å². The second-order valence-corrected chi connectivity index (χ2v) is 11.7. The van der Waals surface area contributed by atoms with Crippen LogP contribution in [0.2, 0.25) is 0 Å². The first kappa shape index (κ1) is 28.0. The second-order valence-electron chi connectivity index (χ2n) is 11.7. The predicted molar refractivity (Wildman–Crippen MR) is 163 cm³/mol. The number of benzene rings is 2. The predicted octanol–water partition coefficient (Wildman–Crippen LogP) is 3.75. The average molecular weight is 571 g/mol. The molecule has 0 saturated carbocycles. The molecule has 4 heterocycles. The Morgan fingerprint density at radius 2 is 1.90 bits per heavy atom. The summed E-state index contributed by atoms with van der Waals surface area (Å²) in [5, 5.41) is 13.8. The van der Waals surface area contributed by atoms with E-state index in [1.807, 2.05) is 49.9 Å². The van der Waals surface area contributed by atoms with Crippen molar-refractivity contribution in [2.24, 2.45) is 0 Å². The number of carbonyl (C=O) groups is 1. The van der Waals surface area contributed by atoms with Crippen LogP contribution in [0.5, 0.6) is 5.75 Å². The standard InChI is InChI=1S/C32H38N6O4/c1-18-5-6-26(19(2)13-18)42-17-23(39)15-34-24-7-10-33-31(40)28(24)30-35-25-14-21-16-38(22-8-11-37(4)12-9-22)32(41)27(21)20(3)29(25)36-30/h5-7,10,13-14,22-23,39H,8-9,11-12,15-17H2,1-4H3,(H,35,36)(H2,33,34,40)/t23-/m1/s1. The molecule has 10 nitrogen and oxygen atoms in total. The van der Waals surface area contributed by atoms with E-state index in [2.05, 4.69) is 27.2 Å². The summed E-state index contributed by atoms with van der Waals surface area (Å²) in [7, 11) is 2.12. The van der Waals surface area contributed by atoms with Crippen LogP contribution in [0.15, 0.2) is 41.3 Å². The lowest BCUT2D eigenvalue weighted by Crippen LogP contribution is -2.43. The zero-order valence-corrected chi connectivity index (χ0v) is 24.6. The number of rotatable bonds is 8. The van der Waals surface area contributed by atoms with E-state index < -0.39 is 6.10 Å². The van der Waals surface area contributed by atoms with Gasteiger partial charge in [-0.2, -0.15) is 0 Å². The Morgan fingerprint density at radius 1 is 1.12 bits per heavy atom. The van der Waals surface area contributed by atoms with Crippen LogP contribution in [-0.2, 0) is 6.54 Å². The monoisotopic (exact) mass is 570 g/mol. The third-order valence-electron chi connectivity index (χ3n) is 8.55. The van der Waals surface area contributed by atoms with Crippen molar-refractivity contribution >= 4 is 22.6 Å². The number of anilines is 1. The molecule has 4 aromatic rings. The van der Waals surface area contributed by atoms with E-state index in [1.165, 1.54) is 0 Å². The largest absolute Gasteiger partial charge is 0.491 e. The highest BCUT2D eigenvalue weighted by Crippen LogP contribution is 2.35. The number of aliphatic hydroxyl groups excluding tert-OH is 1. The van der Waals surface area contributed by atoms with E-state index in [-0.39, 0.29) is 30.7 Å². The van der Waals surface area contributed by atoms with Crippen molar-refractivity contribution in [2.75, 3.05) is 38.6 Å². The van der Waals surface area contributed by atoms with Gasteiger partial charge in [0.25, 0.3) is 11.5 Å². The van der Waals surface area contributed by atoms with Gasteiger partial charge in [-0.1, -0.05) is 17.7 Å². The van der Waals surface area contributed by atoms with Crippen LogP contribution in [-0.4, -0.2) is 81.2 Å². The second kappa shape index (κ2) is 11.3. The fourth-order valence-corrected chi connectivity index (χ4v) is 6.22. The Bertz CT molecular complexity index is 1700. The van der Waals surface area contributed by atoms with Crippen LogP contribution in [0.4, 0.5) is 5.69 Å². The smallest absolute Gasteiger partial charge is 0.261 e. The molecule has 2 aromatic carbocycles. The first-order chi connectivity index (χ1) is 20.2. The molecule has 2 aromatic heterocycles. The third kappa shape index (κ3) is 5.28. The van der Waals surface area contributed by atoms with Gasteiger partial charge in [0.2, 0.25) is 0 Å². The minimum absolute atomic E-state index is 0.0760. The molecule has 0 unspecified atom stereocenters. The van der Waals surface area contributed by atoms with Crippen LogP contribution in [0.25, 0.3) is 22.4 Å². The number of aromatic amines is 2. The van der Waals surface area contributed by atoms with Crippen molar-refractivity contribution in [3.8, 4) is 17.1 Å². The first-order valence-electron chi connectivity index (χ1n) is 14.6. The molecule has 2 aliphatic rings. The van der Waals surface area contributed by atoms with Gasteiger partial charge in [-0.05, 0) is 88.6 Å². The van der Waals surface area contributed by atoms with Crippen molar-refractivity contribution in [3.05, 3.63) is 74.7 Å². The maximum absolute atomic E-state index is 13.5. The number of amides is 1. The highest BCUT2D eigenvalue weighted by atomic mass is 16.5. The zero-order valence-electron chi connectivity index (χ0n) is 24.6. The van der Waals surface area contributed by atoms with Crippen molar-refractivity contribution < 1.29 is 14.6 Å². The summed E-state index contributed by atoms with van der Waals surface area (Å²) in [5.41, 5.74) is 6.77. The van der Waals surface area contributed by atoms with Gasteiger partial charge in [0.05, 0.1) is 16.7 Å². The van der Waals surface area contributed by atoms with Gasteiger partial charge in [0.1, 0.15) is 29.8 Å². The lowest BCUT2D eigenvalue weighted by Gasteiger charge is -2.35. The number of carbonyl (C=O) groups excluding carboxylic acids is 1. The number of fused-ring (bicyclic) bond motifs is 2. The highest BCUT2D eigenvalue weighted by Gasteiger charge is 2.36. The van der Waals surface area contributed by atoms with Crippen LogP contribution >= 0.6 is 0 Å². The first-order valence-corrected chi connectivity index (χ1v) is 14.6. The maximum Gasteiger partial charge on any atom is 0.261 e. The quantitative estimate of drug-likeness (QED) is 0.254. The number of aliphatic hydroxyl groups is 1. The molecule has 0 aliphatic carbocycles. The number of ether oxygens (including phenoxy) is 1. The van der Waals surface area contributed by atoms with E-state index in [1.54, 1.807) is 12.3 Å². The number of aromatic nitrogens is 3. The molecule has 0 bridgehead atoms. The van der Waals surface area contributed by atoms with E-state index in [0.29, 0.717) is 23.6 Å². The molecule has 1 amide bonds. The minimum Gasteiger partial charge on any atom is -0.491 e. The fraction of sp³-hybridized carbons (Fsp3) is 0.406. The number of hydrogen-bond donors (Lipinski definition) is 4. The fourth-order valence-electron chi connectivity index (χ4n) is 6.22. The Balaban J connectivity index is 1.21. The minimum atomic E-state index is -0.808. The van der Waals surface area contributed by atoms with E-state index in [4.69, 9.17) is 9.72 Å². The van der Waals surface area contributed by atoms with Gasteiger partial charge in [0.15, 0.2) is 0 Å². The molecular formula is C32H38N6O4. The molecule has 1 atom stereocenters. The topological polar surface area (TPSA) is 127 Å². The Morgan fingerprint density at radius 3 is 2.67 bits per heavy atom. The summed E-state index contributed by atoms with van der Waals surface area (Å²) in [6, 6.07) is 9.88.